The molecule has 0 aliphatic heterocycles. The summed E-state index contributed by atoms with van der Waals surface area (Å²) in [5.41, 5.74) is 10.4. The molecule has 0 saturated carbocycles. The molecule has 0 radical (unpaired) electrons. The summed E-state index contributed by atoms with van der Waals surface area (Å²) in [5, 5.41) is 13.9. The Kier molecular flexibility index (Phi) is 14.9. The number of methoxy groups -OCH3 is 1. The normalized spacial score (nSPS) is 11.3. The van der Waals surface area contributed by atoms with Crippen molar-refractivity contribution in [1.82, 2.24) is 41.5 Å². The van der Waals surface area contributed by atoms with Crippen LogP contribution in [0, 0.1) is 27.7 Å². The summed E-state index contributed by atoms with van der Waals surface area (Å²) in [7, 11) is 4.36. The van der Waals surface area contributed by atoms with Crippen LogP contribution < -0.4 is 32.2 Å². The number of carbonyl (C=O) groups excluding carboxylic acids is 4. The molecule has 0 saturated heterocycles. The lowest BCUT2D eigenvalue weighted by atomic mass is 10.1. The highest BCUT2D eigenvalue weighted by Crippen LogP contribution is 2.36. The van der Waals surface area contributed by atoms with Crippen LogP contribution in [0.1, 0.15) is 76.2 Å². The zero-order valence-electron chi connectivity index (χ0n) is 34.1. The highest BCUT2D eigenvalue weighted by Gasteiger charge is 2.22. The monoisotopic (exact) mass is 842 g/mol. The molecule has 19 heteroatoms. The Morgan fingerprint density at radius 1 is 0.661 bits per heavy atom. The molecular formula is C40H46N10O7S2. The van der Waals surface area contributed by atoms with Crippen LogP contribution in [0.2, 0.25) is 0 Å². The summed E-state index contributed by atoms with van der Waals surface area (Å²) in [4.78, 5) is 78.6. The maximum Gasteiger partial charge on any atom is 0.274 e. The topological polar surface area (TPSA) is 220 Å². The number of nitrogens with zero attached hydrogens (tertiary/aromatic N) is 4. The molecule has 59 heavy (non-hydrogen) atoms. The van der Waals surface area contributed by atoms with Gasteiger partial charge in [-0.1, -0.05) is 12.1 Å². The lowest BCUT2D eigenvalue weighted by Gasteiger charge is -2.13. The number of aryl methyl sites for hydroxylation is 4. The molecule has 6 N–H and O–H groups in total. The molecule has 6 aromatic rings. The second-order valence-electron chi connectivity index (χ2n) is 13.2. The van der Waals surface area contributed by atoms with Crippen LogP contribution in [0.15, 0.2) is 49.1 Å². The second-order valence-corrected chi connectivity index (χ2v) is 15.2. The van der Waals surface area contributed by atoms with Crippen LogP contribution in [-0.2, 0) is 14.4 Å². The molecule has 0 spiro atoms. The fourth-order valence-corrected chi connectivity index (χ4v) is 8.06. The van der Waals surface area contributed by atoms with Gasteiger partial charge in [-0.2, -0.15) is 0 Å². The van der Waals surface area contributed by atoms with Crippen LogP contribution in [0.5, 0.6) is 0 Å². The molecule has 17 nitrogen and oxygen atoms in total. The average Bonchev–Trinajstić information content (AvgIpc) is 3.74. The first-order chi connectivity index (χ1) is 28.3. The number of thiophene rings is 2. The van der Waals surface area contributed by atoms with E-state index in [2.05, 4.69) is 57.0 Å². The number of rotatable bonds is 14. The van der Waals surface area contributed by atoms with E-state index in [4.69, 9.17) is 9.57 Å². The molecule has 1 unspecified atom stereocenters. The smallest absolute Gasteiger partial charge is 0.274 e. The van der Waals surface area contributed by atoms with Gasteiger partial charge in [0, 0.05) is 42.2 Å². The minimum Gasteiger partial charge on any atom is -0.383 e. The maximum atomic E-state index is 12.7. The number of hydrogen-bond donors (Lipinski definition) is 6. The highest BCUT2D eigenvalue weighted by molar-refractivity contribution is 7.21. The van der Waals surface area contributed by atoms with E-state index in [1.807, 2.05) is 53.7 Å². The van der Waals surface area contributed by atoms with E-state index in [1.54, 1.807) is 31.4 Å². The Morgan fingerprint density at radius 2 is 1.12 bits per heavy atom. The van der Waals surface area contributed by atoms with E-state index in [0.717, 1.165) is 43.5 Å². The molecule has 4 aromatic heterocycles. The van der Waals surface area contributed by atoms with Crippen molar-refractivity contribution in [3.63, 3.8) is 0 Å². The zero-order valence-corrected chi connectivity index (χ0v) is 35.7. The van der Waals surface area contributed by atoms with Gasteiger partial charge in [0.25, 0.3) is 23.6 Å². The molecular weight excluding hydrogens is 797 g/mol. The number of hydrogen-bond acceptors (Lipinski definition) is 15. The minimum absolute atomic E-state index is 0.116. The van der Waals surface area contributed by atoms with Gasteiger partial charge in [-0.15, -0.1) is 22.7 Å². The minimum atomic E-state index is -0.353. The third-order valence-electron chi connectivity index (χ3n) is 8.89. The first-order valence-electron chi connectivity index (χ1n) is 18.3. The molecule has 1 atom stereocenters. The molecule has 310 valence electrons. The third kappa shape index (κ3) is 10.3. The van der Waals surface area contributed by atoms with Gasteiger partial charge >= 0.3 is 0 Å². The highest BCUT2D eigenvalue weighted by atomic mass is 32.1. The first kappa shape index (κ1) is 44.0. The fourth-order valence-electron chi connectivity index (χ4n) is 5.94. The number of amides is 4. The van der Waals surface area contributed by atoms with Crippen LogP contribution in [0.25, 0.3) is 20.4 Å². The van der Waals surface area contributed by atoms with Gasteiger partial charge in [0.15, 0.2) is 0 Å². The quantitative estimate of drug-likeness (QED) is 0.0674. The molecule has 0 aliphatic carbocycles. The summed E-state index contributed by atoms with van der Waals surface area (Å²) in [5.74, 6) is 0.156. The van der Waals surface area contributed by atoms with Crippen molar-refractivity contribution in [2.75, 3.05) is 45.1 Å². The van der Waals surface area contributed by atoms with Gasteiger partial charge in [-0.05, 0) is 88.1 Å². The number of ether oxygens (including phenoxy) is 1. The summed E-state index contributed by atoms with van der Waals surface area (Å²) < 4.78 is 5.09. The van der Waals surface area contributed by atoms with Crippen LogP contribution >= 0.6 is 22.7 Å². The Balaban J connectivity index is 0.000000225. The largest absolute Gasteiger partial charge is 0.383 e. The number of nitrogens with one attached hydrogen (secondary N) is 6. The summed E-state index contributed by atoms with van der Waals surface area (Å²) >= 11 is 2.64. The van der Waals surface area contributed by atoms with Gasteiger partial charge in [-0.3, -0.25) is 28.9 Å². The summed E-state index contributed by atoms with van der Waals surface area (Å²) in [6, 6.07) is 10.4. The fraction of sp³-hybridized carbons (Fsp3) is 0.300. The van der Waals surface area contributed by atoms with E-state index < -0.39 is 0 Å². The van der Waals surface area contributed by atoms with Gasteiger partial charge in [0.05, 0.1) is 41.4 Å². The molecule has 6 rings (SSSR count). The van der Waals surface area contributed by atoms with Gasteiger partial charge in [0.1, 0.15) is 34.0 Å². The number of carbonyl (C=O) groups is 4. The number of anilines is 4. The van der Waals surface area contributed by atoms with Crippen molar-refractivity contribution >= 4 is 89.7 Å². The van der Waals surface area contributed by atoms with E-state index in [-0.39, 0.29) is 29.7 Å². The van der Waals surface area contributed by atoms with E-state index >= 15 is 0 Å². The van der Waals surface area contributed by atoms with Crippen LogP contribution in [-0.4, -0.2) is 84.1 Å². The number of aromatic nitrogens is 4. The summed E-state index contributed by atoms with van der Waals surface area (Å²) in [6.07, 6.45) is 2.91. The van der Waals surface area contributed by atoms with Gasteiger partial charge < -0.3 is 26.0 Å². The van der Waals surface area contributed by atoms with Crippen molar-refractivity contribution in [1.29, 1.82) is 0 Å². The lowest BCUT2D eigenvalue weighted by Crippen LogP contribution is -2.35. The predicted octanol–water partition coefficient (Wildman–Crippen LogP) is 6.20. The SMILES string of the molecule is CCNC(=O)c1sc2ncnc(Nc3cc(C(=O)NOC)ccc3C)c2c1C.COCC(C)NC(=O)c1sc2ncnc(Nc3cc(C(=O)NOC)ccc3C)c2c1C. The average molecular weight is 843 g/mol. The Morgan fingerprint density at radius 3 is 1.54 bits per heavy atom. The Bertz CT molecular complexity index is 2500. The number of hydroxylamine groups is 2. The van der Waals surface area contributed by atoms with Crippen molar-refractivity contribution in [3.8, 4) is 0 Å². The molecule has 0 fully saturated rings. The molecule has 2 aromatic carbocycles. The zero-order chi connectivity index (χ0) is 42.8. The Labute approximate surface area is 348 Å². The maximum absolute atomic E-state index is 12.7. The van der Waals surface area contributed by atoms with Crippen molar-refractivity contribution in [2.24, 2.45) is 0 Å². The summed E-state index contributed by atoms with van der Waals surface area (Å²) in [6.45, 7) is 12.4. The number of benzene rings is 2. The predicted molar refractivity (Wildman–Crippen MR) is 229 cm³/mol. The molecule has 4 amide bonds. The van der Waals surface area contributed by atoms with Crippen molar-refractivity contribution < 1.29 is 33.6 Å². The number of fused-ring (bicyclic) bond motifs is 2. The molecule has 4 heterocycles. The second kappa shape index (κ2) is 20.0. The van der Waals surface area contributed by atoms with Crippen molar-refractivity contribution in [3.05, 3.63) is 92.2 Å². The van der Waals surface area contributed by atoms with Gasteiger partial charge in [0.2, 0.25) is 0 Å². The van der Waals surface area contributed by atoms with Crippen LogP contribution in [0.3, 0.4) is 0 Å². The van der Waals surface area contributed by atoms with E-state index in [1.165, 1.54) is 49.5 Å². The standard InChI is InChI=1S/C21H25N5O4S.C19H21N5O3S/c1-11-6-7-14(19(27)26-30-5)8-15(11)25-18-16-13(3)17(31-21(16)23-10-22-18)20(28)24-12(2)9-29-4;1-5-20-18(26)15-11(3)14-16(21-9-22-19(14)28-15)23-13-8-12(7-6-10(13)2)17(25)24-27-4/h6-8,10,12H,9H2,1-5H3,(H,24,28)(H,26,27)(H,22,23,25);6-9H,5H2,1-4H3,(H,20,26)(H,24,25)(H,21,22,23). The van der Waals surface area contributed by atoms with Crippen molar-refractivity contribution in [2.45, 2.75) is 47.6 Å². The van der Waals surface area contributed by atoms with Gasteiger partial charge in [-0.25, -0.2) is 30.9 Å². The third-order valence-corrected chi connectivity index (χ3v) is 11.3. The van der Waals surface area contributed by atoms with Crippen LogP contribution in [0.4, 0.5) is 23.0 Å². The Hall–Kier alpha value is -6.12. The lowest BCUT2D eigenvalue weighted by molar-refractivity contribution is 0.0533. The molecule has 0 aliphatic rings. The van der Waals surface area contributed by atoms with E-state index in [0.29, 0.717) is 56.2 Å². The molecule has 0 bridgehead atoms. The van der Waals surface area contributed by atoms with E-state index in [9.17, 15) is 19.2 Å². The first-order valence-corrected chi connectivity index (χ1v) is 19.9.